The molecular weight excluding hydrogens is 406 g/mol. The molecule has 8 nitrogen and oxygen atoms in total. The zero-order valence-electron chi connectivity index (χ0n) is 15.0. The number of hydrogen-bond donors (Lipinski definition) is 1. The highest BCUT2D eigenvalue weighted by Gasteiger charge is 2.30. The molecule has 3 rings (SSSR count). The van der Waals surface area contributed by atoms with Gasteiger partial charge in [0.15, 0.2) is 4.90 Å². The van der Waals surface area contributed by atoms with Gasteiger partial charge in [0.2, 0.25) is 0 Å². The smallest absolute Gasteiger partial charge is 0.290 e. The second kappa shape index (κ2) is 7.76. The van der Waals surface area contributed by atoms with Crippen molar-refractivity contribution in [2.75, 3.05) is 17.8 Å². The topological polar surface area (TPSA) is 110 Å². The molecule has 0 aromatic heterocycles. The predicted octanol–water partition coefficient (Wildman–Crippen LogP) is 3.59. The number of nitrogens with zero attached hydrogens (tertiary/aromatic N) is 2. The molecule has 10 heteroatoms. The minimum absolute atomic E-state index is 0.0267. The lowest BCUT2D eigenvalue weighted by Crippen LogP contribution is -2.29. The van der Waals surface area contributed by atoms with Crippen molar-refractivity contribution < 1.29 is 18.1 Å². The van der Waals surface area contributed by atoms with Gasteiger partial charge in [0.25, 0.3) is 21.6 Å². The lowest BCUT2D eigenvalue weighted by atomic mass is 10.1. The zero-order valence-corrected chi connectivity index (χ0v) is 16.6. The first-order valence-corrected chi connectivity index (χ1v) is 10.4. The van der Waals surface area contributed by atoms with Crippen LogP contribution in [0.5, 0.6) is 0 Å². The van der Waals surface area contributed by atoms with Crippen LogP contribution in [0, 0.1) is 17.0 Å². The van der Waals surface area contributed by atoms with Crippen molar-refractivity contribution in [1.82, 2.24) is 4.90 Å². The van der Waals surface area contributed by atoms with E-state index in [4.69, 9.17) is 11.6 Å². The van der Waals surface area contributed by atoms with Gasteiger partial charge in [0.1, 0.15) is 0 Å². The van der Waals surface area contributed by atoms with Gasteiger partial charge in [-0.05, 0) is 43.5 Å². The Morgan fingerprint density at radius 3 is 2.54 bits per heavy atom. The summed E-state index contributed by atoms with van der Waals surface area (Å²) in [7, 11) is -4.32. The van der Waals surface area contributed by atoms with Gasteiger partial charge in [-0.3, -0.25) is 19.6 Å². The van der Waals surface area contributed by atoms with E-state index in [0.29, 0.717) is 13.1 Å². The van der Waals surface area contributed by atoms with Crippen molar-refractivity contribution in [2.24, 2.45) is 0 Å². The number of hydrogen-bond acceptors (Lipinski definition) is 5. The second-order valence-corrected chi connectivity index (χ2v) is 8.53. The summed E-state index contributed by atoms with van der Waals surface area (Å²) in [5, 5.41) is 11.6. The Morgan fingerprint density at radius 2 is 1.89 bits per heavy atom. The molecule has 148 valence electrons. The fraction of sp³-hybridized carbons (Fsp3) is 0.278. The van der Waals surface area contributed by atoms with E-state index in [0.717, 1.165) is 18.9 Å². The lowest BCUT2D eigenvalue weighted by Gasteiger charge is -2.19. The summed E-state index contributed by atoms with van der Waals surface area (Å²) in [6.45, 7) is 2.64. The van der Waals surface area contributed by atoms with E-state index in [-0.39, 0.29) is 27.7 Å². The lowest BCUT2D eigenvalue weighted by molar-refractivity contribution is -0.387. The molecule has 1 N–H and O–H groups in total. The molecule has 0 bridgehead atoms. The number of carbonyl (C=O) groups is 1. The quantitative estimate of drug-likeness (QED) is 0.583. The van der Waals surface area contributed by atoms with Crippen molar-refractivity contribution >= 4 is 38.9 Å². The minimum Gasteiger partial charge on any atom is -0.339 e. The Kier molecular flexibility index (Phi) is 5.57. The van der Waals surface area contributed by atoms with Gasteiger partial charge < -0.3 is 4.90 Å². The summed E-state index contributed by atoms with van der Waals surface area (Å²) >= 11 is 6.01. The van der Waals surface area contributed by atoms with Crippen molar-refractivity contribution in [3.8, 4) is 0 Å². The van der Waals surface area contributed by atoms with E-state index >= 15 is 0 Å². The molecule has 0 atom stereocenters. The van der Waals surface area contributed by atoms with Crippen LogP contribution in [0.3, 0.4) is 0 Å². The number of nitro benzene ring substituents is 1. The number of halogens is 1. The summed E-state index contributed by atoms with van der Waals surface area (Å²) in [6, 6.07) is 8.24. The maximum atomic E-state index is 13.0. The van der Waals surface area contributed by atoms with Crippen LogP contribution in [0.2, 0.25) is 5.02 Å². The summed E-state index contributed by atoms with van der Waals surface area (Å²) in [6.07, 6.45) is 1.76. The van der Waals surface area contributed by atoms with Crippen molar-refractivity contribution in [3.63, 3.8) is 0 Å². The number of benzene rings is 2. The zero-order chi connectivity index (χ0) is 20.5. The molecule has 0 aliphatic carbocycles. The third-order valence-electron chi connectivity index (χ3n) is 4.51. The standard InChI is InChI=1S/C18H18ClN3O5S/c1-12-5-4-6-16(22(24)25)17(12)28(26,27)20-15-8-7-13(19)11-14(15)18(23)21-9-2-3-10-21/h4-8,11,20H,2-3,9-10H2,1H3. The van der Waals surface area contributed by atoms with Crippen LogP contribution in [0.15, 0.2) is 41.3 Å². The highest BCUT2D eigenvalue weighted by atomic mass is 35.5. The van der Waals surface area contributed by atoms with E-state index < -0.39 is 25.5 Å². The molecule has 1 saturated heterocycles. The minimum atomic E-state index is -4.32. The summed E-state index contributed by atoms with van der Waals surface area (Å²) in [5.41, 5.74) is -0.176. The highest BCUT2D eigenvalue weighted by molar-refractivity contribution is 7.93. The number of carbonyl (C=O) groups excluding carboxylic acids is 1. The molecule has 1 fully saturated rings. The Hall–Kier alpha value is -2.65. The molecule has 28 heavy (non-hydrogen) atoms. The van der Waals surface area contributed by atoms with E-state index in [9.17, 15) is 23.3 Å². The first-order chi connectivity index (χ1) is 13.2. The molecule has 1 heterocycles. The van der Waals surface area contributed by atoms with Crippen molar-refractivity contribution in [3.05, 3.63) is 62.7 Å². The number of sulfonamides is 1. The van der Waals surface area contributed by atoms with Gasteiger partial charge in [-0.25, -0.2) is 8.42 Å². The molecule has 0 unspecified atom stereocenters. The van der Waals surface area contributed by atoms with Crippen LogP contribution in [-0.2, 0) is 10.0 Å². The fourth-order valence-corrected chi connectivity index (χ4v) is 4.85. The van der Waals surface area contributed by atoms with E-state index in [1.807, 2.05) is 0 Å². The van der Waals surface area contributed by atoms with Crippen LogP contribution in [0.4, 0.5) is 11.4 Å². The molecule has 1 aliphatic heterocycles. The maximum absolute atomic E-state index is 13.0. The number of amides is 1. The average molecular weight is 424 g/mol. The van der Waals surface area contributed by atoms with Gasteiger partial charge in [-0.2, -0.15) is 0 Å². The molecular formula is C18H18ClN3O5S. The van der Waals surface area contributed by atoms with Crippen LogP contribution in [0.1, 0.15) is 28.8 Å². The van der Waals surface area contributed by atoms with E-state index in [1.54, 1.807) is 4.90 Å². The predicted molar refractivity (Wildman–Crippen MR) is 105 cm³/mol. The molecule has 0 spiro atoms. The number of aryl methyl sites for hydroxylation is 1. The van der Waals surface area contributed by atoms with Gasteiger partial charge in [0, 0.05) is 24.2 Å². The number of nitro groups is 1. The van der Waals surface area contributed by atoms with Crippen molar-refractivity contribution in [1.29, 1.82) is 0 Å². The Balaban J connectivity index is 2.05. The first kappa shape index (κ1) is 20.1. The third-order valence-corrected chi connectivity index (χ3v) is 6.30. The number of rotatable bonds is 5. The molecule has 1 amide bonds. The van der Waals surface area contributed by atoms with Crippen LogP contribution in [-0.4, -0.2) is 37.2 Å². The average Bonchev–Trinajstić information content (AvgIpc) is 3.16. The molecule has 2 aromatic carbocycles. The van der Waals surface area contributed by atoms with Crippen LogP contribution < -0.4 is 4.72 Å². The largest absolute Gasteiger partial charge is 0.339 e. The third kappa shape index (κ3) is 3.95. The number of anilines is 1. The monoisotopic (exact) mass is 423 g/mol. The molecule has 0 radical (unpaired) electrons. The van der Waals surface area contributed by atoms with E-state index in [2.05, 4.69) is 4.72 Å². The Bertz CT molecular complexity index is 1050. The van der Waals surface area contributed by atoms with Gasteiger partial charge >= 0.3 is 0 Å². The molecule has 1 aliphatic rings. The summed E-state index contributed by atoms with van der Waals surface area (Å²) in [4.78, 5) is 24.5. The highest BCUT2D eigenvalue weighted by Crippen LogP contribution is 2.31. The Labute approximate surface area is 167 Å². The van der Waals surface area contributed by atoms with Gasteiger partial charge in [-0.1, -0.05) is 23.7 Å². The van der Waals surface area contributed by atoms with Gasteiger partial charge in [0.05, 0.1) is 16.2 Å². The van der Waals surface area contributed by atoms with Gasteiger partial charge in [-0.15, -0.1) is 0 Å². The van der Waals surface area contributed by atoms with Crippen LogP contribution in [0.25, 0.3) is 0 Å². The summed E-state index contributed by atoms with van der Waals surface area (Å²) < 4.78 is 28.2. The number of likely N-dealkylation sites (tertiary alicyclic amines) is 1. The maximum Gasteiger partial charge on any atom is 0.290 e. The Morgan fingerprint density at radius 1 is 1.21 bits per heavy atom. The SMILES string of the molecule is Cc1cccc([N+](=O)[O-])c1S(=O)(=O)Nc1ccc(Cl)cc1C(=O)N1CCCC1. The molecule has 0 saturated carbocycles. The normalized spacial score (nSPS) is 14.1. The van der Waals surface area contributed by atoms with E-state index in [1.165, 1.54) is 37.3 Å². The van der Waals surface area contributed by atoms with Crippen molar-refractivity contribution in [2.45, 2.75) is 24.7 Å². The fourth-order valence-electron chi connectivity index (χ4n) is 3.20. The van der Waals surface area contributed by atoms with Crippen LogP contribution >= 0.6 is 11.6 Å². The molecule has 2 aromatic rings. The summed E-state index contributed by atoms with van der Waals surface area (Å²) in [5.74, 6) is -0.336. The number of nitrogens with one attached hydrogen (secondary N) is 1. The second-order valence-electron chi connectivity index (χ2n) is 6.47. The first-order valence-electron chi connectivity index (χ1n) is 8.56.